The van der Waals surface area contributed by atoms with Crippen LogP contribution in [0.25, 0.3) is 0 Å². The first kappa shape index (κ1) is 13.4. The van der Waals surface area contributed by atoms with Crippen LogP contribution in [0.5, 0.6) is 0 Å². The molecule has 1 saturated heterocycles. The van der Waals surface area contributed by atoms with Gasteiger partial charge in [0.05, 0.1) is 6.10 Å². The molecule has 0 bridgehead atoms. The largest absolute Gasteiger partial charge is 0.391 e. The number of carbonyl (C=O) groups is 1. The molecule has 1 aliphatic heterocycles. The lowest BCUT2D eigenvalue weighted by Crippen LogP contribution is -2.46. The molecule has 1 aromatic carbocycles. The second kappa shape index (κ2) is 5.29. The van der Waals surface area contributed by atoms with Crippen molar-refractivity contribution in [1.29, 1.82) is 0 Å². The maximum Gasteiger partial charge on any atom is 0.254 e. The van der Waals surface area contributed by atoms with Crippen LogP contribution < -0.4 is 0 Å². The van der Waals surface area contributed by atoms with Gasteiger partial charge in [-0.2, -0.15) is 0 Å². The van der Waals surface area contributed by atoms with Crippen molar-refractivity contribution in [2.45, 2.75) is 26.4 Å². The minimum atomic E-state index is -0.429. The zero-order valence-corrected chi connectivity index (χ0v) is 11.4. The van der Waals surface area contributed by atoms with Gasteiger partial charge < -0.3 is 10.0 Å². The van der Waals surface area contributed by atoms with E-state index in [1.807, 2.05) is 19.9 Å². The average Bonchev–Trinajstić information content (AvgIpc) is 2.35. The number of rotatable bonds is 1. The number of aliphatic hydroxyl groups excluding tert-OH is 1. The molecule has 1 N–H and O–H groups in total. The Bertz CT molecular complexity index is 461. The van der Waals surface area contributed by atoms with Crippen molar-refractivity contribution in [2.75, 3.05) is 13.1 Å². The third kappa shape index (κ3) is 2.68. The first-order chi connectivity index (χ1) is 8.49. The fourth-order valence-electron chi connectivity index (χ4n) is 2.23. The Morgan fingerprint density at radius 1 is 1.50 bits per heavy atom. The molecule has 98 valence electrons. The van der Waals surface area contributed by atoms with Gasteiger partial charge in [0.1, 0.15) is 0 Å². The van der Waals surface area contributed by atoms with Gasteiger partial charge >= 0.3 is 0 Å². The number of halogens is 1. The molecule has 3 nitrogen and oxygen atoms in total. The number of nitrogens with zero attached hydrogens (tertiary/aromatic N) is 1. The smallest absolute Gasteiger partial charge is 0.254 e. The maximum absolute atomic E-state index is 12.4. The van der Waals surface area contributed by atoms with Crippen molar-refractivity contribution in [3.05, 3.63) is 34.3 Å². The highest BCUT2D eigenvalue weighted by atomic mass is 35.5. The number of aliphatic hydroxyl groups is 1. The third-order valence-corrected chi connectivity index (χ3v) is 3.87. The molecule has 1 amide bonds. The summed E-state index contributed by atoms with van der Waals surface area (Å²) in [7, 11) is 0. The van der Waals surface area contributed by atoms with Gasteiger partial charge in [-0.1, -0.05) is 24.6 Å². The zero-order chi connectivity index (χ0) is 13.3. The van der Waals surface area contributed by atoms with E-state index in [9.17, 15) is 9.90 Å². The average molecular weight is 268 g/mol. The molecular formula is C14H18ClNO2. The molecule has 2 atom stereocenters. The summed E-state index contributed by atoms with van der Waals surface area (Å²) >= 11 is 5.93. The molecule has 4 heteroatoms. The standard InChI is InChI=1S/C14H18ClNO2/c1-9-3-4-11(15)7-12(9)14(18)16-6-5-10(2)13(17)8-16/h3-4,7,10,13,17H,5-6,8H2,1-2H3. The molecule has 0 saturated carbocycles. The first-order valence-electron chi connectivity index (χ1n) is 6.22. The van der Waals surface area contributed by atoms with Crippen molar-refractivity contribution >= 4 is 17.5 Å². The van der Waals surface area contributed by atoms with Crippen LogP contribution in [0.1, 0.15) is 29.3 Å². The van der Waals surface area contributed by atoms with E-state index in [-0.39, 0.29) is 11.8 Å². The van der Waals surface area contributed by atoms with Gasteiger partial charge in [0.25, 0.3) is 5.91 Å². The van der Waals surface area contributed by atoms with Crippen LogP contribution >= 0.6 is 11.6 Å². The molecule has 1 aromatic rings. The summed E-state index contributed by atoms with van der Waals surface area (Å²) < 4.78 is 0. The monoisotopic (exact) mass is 267 g/mol. The van der Waals surface area contributed by atoms with Gasteiger partial charge in [-0.15, -0.1) is 0 Å². The summed E-state index contributed by atoms with van der Waals surface area (Å²) in [6, 6.07) is 5.32. The Hall–Kier alpha value is -1.06. The molecule has 1 aliphatic rings. The van der Waals surface area contributed by atoms with Crippen molar-refractivity contribution in [2.24, 2.45) is 5.92 Å². The number of amides is 1. The molecule has 2 unspecified atom stereocenters. The van der Waals surface area contributed by atoms with Crippen molar-refractivity contribution in [3.63, 3.8) is 0 Å². The lowest BCUT2D eigenvalue weighted by Gasteiger charge is -2.34. The Labute approximate surface area is 112 Å². The van der Waals surface area contributed by atoms with Crippen LogP contribution in [0.2, 0.25) is 5.02 Å². The van der Waals surface area contributed by atoms with Crippen LogP contribution in [-0.4, -0.2) is 35.1 Å². The highest BCUT2D eigenvalue weighted by molar-refractivity contribution is 6.31. The van der Waals surface area contributed by atoms with Gasteiger partial charge in [0, 0.05) is 23.7 Å². The molecule has 1 heterocycles. The van der Waals surface area contributed by atoms with Crippen LogP contribution in [0, 0.1) is 12.8 Å². The normalized spacial score (nSPS) is 24.1. The molecule has 0 aromatic heterocycles. The Morgan fingerprint density at radius 2 is 2.22 bits per heavy atom. The van der Waals surface area contributed by atoms with E-state index in [1.165, 1.54) is 0 Å². The quantitative estimate of drug-likeness (QED) is 0.849. The Morgan fingerprint density at radius 3 is 2.89 bits per heavy atom. The SMILES string of the molecule is Cc1ccc(Cl)cc1C(=O)N1CCC(C)C(O)C1. The molecule has 1 fully saturated rings. The fourth-order valence-corrected chi connectivity index (χ4v) is 2.40. The topological polar surface area (TPSA) is 40.5 Å². The molecule has 0 spiro atoms. The number of hydrogen-bond donors (Lipinski definition) is 1. The van der Waals surface area contributed by atoms with Crippen LogP contribution in [0.15, 0.2) is 18.2 Å². The predicted octanol–water partition coefficient (Wildman–Crippen LogP) is 2.49. The van der Waals surface area contributed by atoms with Gasteiger partial charge in [-0.25, -0.2) is 0 Å². The molecular weight excluding hydrogens is 250 g/mol. The number of benzene rings is 1. The summed E-state index contributed by atoms with van der Waals surface area (Å²) in [5, 5.41) is 10.4. The Kier molecular flexibility index (Phi) is 3.93. The Balaban J connectivity index is 2.19. The van der Waals surface area contributed by atoms with Crippen LogP contribution in [0.4, 0.5) is 0 Å². The maximum atomic E-state index is 12.4. The minimum absolute atomic E-state index is 0.0408. The second-order valence-corrected chi connectivity index (χ2v) is 5.48. The number of likely N-dealkylation sites (tertiary alicyclic amines) is 1. The lowest BCUT2D eigenvalue weighted by atomic mass is 9.95. The van der Waals surface area contributed by atoms with Crippen molar-refractivity contribution < 1.29 is 9.90 Å². The fraction of sp³-hybridized carbons (Fsp3) is 0.500. The van der Waals surface area contributed by atoms with Crippen LogP contribution in [-0.2, 0) is 0 Å². The molecule has 18 heavy (non-hydrogen) atoms. The van der Waals surface area contributed by atoms with Gasteiger partial charge in [-0.05, 0) is 37.0 Å². The molecule has 0 aliphatic carbocycles. The van der Waals surface area contributed by atoms with Gasteiger partial charge in [-0.3, -0.25) is 4.79 Å². The summed E-state index contributed by atoms with van der Waals surface area (Å²) in [5.41, 5.74) is 1.54. The van der Waals surface area contributed by atoms with E-state index < -0.39 is 6.10 Å². The van der Waals surface area contributed by atoms with E-state index >= 15 is 0 Å². The van der Waals surface area contributed by atoms with E-state index in [2.05, 4.69) is 0 Å². The van der Waals surface area contributed by atoms with Crippen molar-refractivity contribution in [3.8, 4) is 0 Å². The van der Waals surface area contributed by atoms with E-state index in [0.29, 0.717) is 23.7 Å². The van der Waals surface area contributed by atoms with Gasteiger partial charge in [0.2, 0.25) is 0 Å². The molecule has 0 radical (unpaired) electrons. The van der Waals surface area contributed by atoms with Crippen LogP contribution in [0.3, 0.4) is 0 Å². The lowest BCUT2D eigenvalue weighted by molar-refractivity contribution is 0.0248. The first-order valence-corrected chi connectivity index (χ1v) is 6.60. The number of hydrogen-bond acceptors (Lipinski definition) is 2. The minimum Gasteiger partial charge on any atom is -0.391 e. The highest BCUT2D eigenvalue weighted by Crippen LogP contribution is 2.22. The summed E-state index contributed by atoms with van der Waals surface area (Å²) in [6.45, 7) is 5.01. The summed E-state index contributed by atoms with van der Waals surface area (Å²) in [4.78, 5) is 14.1. The van der Waals surface area contributed by atoms with E-state index in [4.69, 9.17) is 11.6 Å². The number of piperidine rings is 1. The predicted molar refractivity (Wildman–Crippen MR) is 71.9 cm³/mol. The summed E-state index contributed by atoms with van der Waals surface area (Å²) in [6.07, 6.45) is 0.411. The molecule has 2 rings (SSSR count). The number of aryl methyl sites for hydroxylation is 1. The zero-order valence-electron chi connectivity index (χ0n) is 10.7. The van der Waals surface area contributed by atoms with E-state index in [1.54, 1.807) is 17.0 Å². The van der Waals surface area contributed by atoms with Crippen molar-refractivity contribution in [1.82, 2.24) is 4.90 Å². The number of β-amino-alcohol motifs (C(OH)–C–C–N with tert-alkyl or cyclic N) is 1. The summed E-state index contributed by atoms with van der Waals surface area (Å²) in [5.74, 6) is 0.218. The third-order valence-electron chi connectivity index (χ3n) is 3.64. The number of carbonyl (C=O) groups excluding carboxylic acids is 1. The van der Waals surface area contributed by atoms with E-state index in [0.717, 1.165) is 12.0 Å². The highest BCUT2D eigenvalue weighted by Gasteiger charge is 2.28. The van der Waals surface area contributed by atoms with Gasteiger partial charge in [0.15, 0.2) is 0 Å². The second-order valence-electron chi connectivity index (χ2n) is 5.04.